The fourth-order valence-corrected chi connectivity index (χ4v) is 3.09. The standard InChI is InChI=1S/C14H14ClF2NS/c1-3-18-14(10-6-7-11(15)19-10)9-5-4-8(2)12(16)13(9)17/h4-7,14,18H,3H2,1-2H3. The van der Waals surface area contributed by atoms with Crippen LogP contribution in [-0.2, 0) is 0 Å². The topological polar surface area (TPSA) is 12.0 Å². The highest BCUT2D eigenvalue weighted by molar-refractivity contribution is 7.16. The van der Waals surface area contributed by atoms with Crippen LogP contribution in [0.4, 0.5) is 8.78 Å². The van der Waals surface area contributed by atoms with Gasteiger partial charge in [0.15, 0.2) is 11.6 Å². The summed E-state index contributed by atoms with van der Waals surface area (Å²) in [5.74, 6) is -1.58. The number of halogens is 3. The molecule has 1 N–H and O–H groups in total. The predicted octanol–water partition coefficient (Wildman–Crippen LogP) is 4.69. The number of hydrogen-bond acceptors (Lipinski definition) is 2. The van der Waals surface area contributed by atoms with Gasteiger partial charge in [-0.15, -0.1) is 11.3 Å². The fraction of sp³-hybridized carbons (Fsp3) is 0.286. The van der Waals surface area contributed by atoms with E-state index >= 15 is 0 Å². The minimum Gasteiger partial charge on any atom is -0.306 e. The van der Waals surface area contributed by atoms with Gasteiger partial charge in [0.2, 0.25) is 0 Å². The zero-order chi connectivity index (χ0) is 14.0. The van der Waals surface area contributed by atoms with E-state index in [0.29, 0.717) is 22.0 Å². The fourth-order valence-electron chi connectivity index (χ4n) is 1.94. The lowest BCUT2D eigenvalue weighted by Gasteiger charge is -2.18. The maximum absolute atomic E-state index is 14.1. The van der Waals surface area contributed by atoms with Crippen LogP contribution in [0, 0.1) is 18.6 Å². The molecule has 2 rings (SSSR count). The molecular formula is C14H14ClF2NS. The van der Waals surface area contributed by atoms with Crippen LogP contribution in [0.15, 0.2) is 24.3 Å². The van der Waals surface area contributed by atoms with E-state index in [1.807, 2.05) is 13.0 Å². The third-order valence-corrected chi connectivity index (χ3v) is 4.20. The average Bonchev–Trinajstić information content (AvgIpc) is 2.81. The van der Waals surface area contributed by atoms with Crippen LogP contribution in [0.5, 0.6) is 0 Å². The van der Waals surface area contributed by atoms with Crippen LogP contribution in [0.2, 0.25) is 4.34 Å². The first-order chi connectivity index (χ1) is 9.04. The Morgan fingerprint density at radius 3 is 2.53 bits per heavy atom. The predicted molar refractivity (Wildman–Crippen MR) is 75.9 cm³/mol. The molecule has 0 fully saturated rings. The summed E-state index contributed by atoms with van der Waals surface area (Å²) in [6.45, 7) is 4.12. The van der Waals surface area contributed by atoms with Crippen molar-refractivity contribution in [3.8, 4) is 0 Å². The molecule has 0 spiro atoms. The first-order valence-electron chi connectivity index (χ1n) is 5.97. The van der Waals surface area contributed by atoms with Gasteiger partial charge in [-0.05, 0) is 31.2 Å². The SMILES string of the molecule is CCNC(c1ccc(Cl)s1)c1ccc(C)c(F)c1F. The summed E-state index contributed by atoms with van der Waals surface area (Å²) in [5, 5.41) is 3.16. The number of aryl methyl sites for hydroxylation is 1. The van der Waals surface area contributed by atoms with E-state index in [2.05, 4.69) is 5.32 Å². The summed E-state index contributed by atoms with van der Waals surface area (Å²) < 4.78 is 28.4. The van der Waals surface area contributed by atoms with Gasteiger partial charge in [-0.25, -0.2) is 8.78 Å². The molecule has 1 heterocycles. The first kappa shape index (κ1) is 14.4. The Balaban J connectivity index is 2.48. The molecule has 0 radical (unpaired) electrons. The maximum Gasteiger partial charge on any atom is 0.164 e. The molecule has 0 bridgehead atoms. The van der Waals surface area contributed by atoms with E-state index in [-0.39, 0.29) is 6.04 Å². The quantitative estimate of drug-likeness (QED) is 0.864. The third kappa shape index (κ3) is 2.96. The van der Waals surface area contributed by atoms with Crippen molar-refractivity contribution in [2.75, 3.05) is 6.54 Å². The Morgan fingerprint density at radius 1 is 1.21 bits per heavy atom. The first-order valence-corrected chi connectivity index (χ1v) is 7.17. The molecule has 1 aromatic carbocycles. The van der Waals surface area contributed by atoms with Crippen LogP contribution < -0.4 is 5.32 Å². The molecule has 1 aromatic heterocycles. The molecule has 0 aliphatic rings. The van der Waals surface area contributed by atoms with Gasteiger partial charge in [-0.1, -0.05) is 30.7 Å². The van der Waals surface area contributed by atoms with E-state index in [1.54, 1.807) is 25.1 Å². The van der Waals surface area contributed by atoms with Gasteiger partial charge in [0, 0.05) is 10.4 Å². The van der Waals surface area contributed by atoms with Gasteiger partial charge < -0.3 is 5.32 Å². The molecule has 1 unspecified atom stereocenters. The number of benzene rings is 1. The van der Waals surface area contributed by atoms with Gasteiger partial charge in [0.1, 0.15) is 0 Å². The second-order valence-corrected chi connectivity index (χ2v) is 5.98. The van der Waals surface area contributed by atoms with Crippen LogP contribution >= 0.6 is 22.9 Å². The zero-order valence-corrected chi connectivity index (χ0v) is 12.2. The van der Waals surface area contributed by atoms with Crippen molar-refractivity contribution in [2.45, 2.75) is 19.9 Å². The molecule has 5 heteroatoms. The Morgan fingerprint density at radius 2 is 1.95 bits per heavy atom. The smallest absolute Gasteiger partial charge is 0.164 e. The van der Waals surface area contributed by atoms with E-state index in [0.717, 1.165) is 4.88 Å². The molecule has 0 saturated heterocycles. The van der Waals surface area contributed by atoms with E-state index in [4.69, 9.17) is 11.6 Å². The second-order valence-electron chi connectivity index (χ2n) is 4.23. The summed E-state index contributed by atoms with van der Waals surface area (Å²) in [4.78, 5) is 0.869. The van der Waals surface area contributed by atoms with Crippen molar-refractivity contribution >= 4 is 22.9 Å². The van der Waals surface area contributed by atoms with Gasteiger partial charge in [-0.2, -0.15) is 0 Å². The van der Waals surface area contributed by atoms with Gasteiger partial charge in [0.05, 0.1) is 10.4 Å². The lowest BCUT2D eigenvalue weighted by molar-refractivity contribution is 0.480. The molecule has 0 saturated carbocycles. The Kier molecular flexibility index (Phi) is 4.55. The largest absolute Gasteiger partial charge is 0.306 e. The lowest BCUT2D eigenvalue weighted by Crippen LogP contribution is -2.22. The van der Waals surface area contributed by atoms with Crippen molar-refractivity contribution in [1.29, 1.82) is 0 Å². The van der Waals surface area contributed by atoms with Gasteiger partial charge >= 0.3 is 0 Å². The highest BCUT2D eigenvalue weighted by Gasteiger charge is 2.21. The Hall–Kier alpha value is -0.970. The summed E-state index contributed by atoms with van der Waals surface area (Å²) in [6, 6.07) is 6.42. The number of rotatable bonds is 4. The minimum absolute atomic E-state index is 0.306. The van der Waals surface area contributed by atoms with Crippen molar-refractivity contribution in [3.63, 3.8) is 0 Å². The van der Waals surface area contributed by atoms with Crippen molar-refractivity contribution in [1.82, 2.24) is 5.32 Å². The maximum atomic E-state index is 14.1. The van der Waals surface area contributed by atoms with Crippen LogP contribution in [0.3, 0.4) is 0 Å². The normalized spacial score (nSPS) is 12.7. The second kappa shape index (κ2) is 5.99. The molecule has 0 aliphatic heterocycles. The summed E-state index contributed by atoms with van der Waals surface area (Å²) in [7, 11) is 0. The lowest BCUT2D eigenvalue weighted by atomic mass is 10.0. The molecular weight excluding hydrogens is 288 g/mol. The van der Waals surface area contributed by atoms with Gasteiger partial charge in [-0.3, -0.25) is 0 Å². The molecule has 1 atom stereocenters. The Labute approximate surface area is 120 Å². The summed E-state index contributed by atoms with van der Waals surface area (Å²) >= 11 is 7.27. The van der Waals surface area contributed by atoms with Crippen molar-refractivity contribution in [2.24, 2.45) is 0 Å². The molecule has 19 heavy (non-hydrogen) atoms. The van der Waals surface area contributed by atoms with Crippen LogP contribution in [0.1, 0.15) is 29.0 Å². The molecule has 1 nitrogen and oxygen atoms in total. The molecule has 0 amide bonds. The van der Waals surface area contributed by atoms with Crippen LogP contribution in [0.25, 0.3) is 0 Å². The number of hydrogen-bond donors (Lipinski definition) is 1. The highest BCUT2D eigenvalue weighted by atomic mass is 35.5. The monoisotopic (exact) mass is 301 g/mol. The zero-order valence-electron chi connectivity index (χ0n) is 10.6. The molecule has 2 aromatic rings. The minimum atomic E-state index is -0.796. The van der Waals surface area contributed by atoms with Gasteiger partial charge in [0.25, 0.3) is 0 Å². The number of nitrogens with one attached hydrogen (secondary N) is 1. The Bertz CT molecular complexity index is 583. The van der Waals surface area contributed by atoms with Crippen molar-refractivity contribution in [3.05, 3.63) is 56.2 Å². The van der Waals surface area contributed by atoms with E-state index in [1.165, 1.54) is 11.3 Å². The third-order valence-electron chi connectivity index (χ3n) is 2.90. The highest BCUT2D eigenvalue weighted by Crippen LogP contribution is 2.33. The van der Waals surface area contributed by atoms with E-state index in [9.17, 15) is 8.78 Å². The van der Waals surface area contributed by atoms with Crippen LogP contribution in [-0.4, -0.2) is 6.54 Å². The molecule has 0 aliphatic carbocycles. The van der Waals surface area contributed by atoms with Crippen molar-refractivity contribution < 1.29 is 8.78 Å². The van der Waals surface area contributed by atoms with E-state index < -0.39 is 11.6 Å². The summed E-state index contributed by atoms with van der Waals surface area (Å²) in [5.41, 5.74) is 0.615. The summed E-state index contributed by atoms with van der Waals surface area (Å²) in [6.07, 6.45) is 0. The average molecular weight is 302 g/mol. The molecule has 102 valence electrons. The number of thiophene rings is 1.